The summed E-state index contributed by atoms with van der Waals surface area (Å²) >= 11 is 12.6. The Bertz CT molecular complexity index is 862. The van der Waals surface area contributed by atoms with Crippen LogP contribution in [0.25, 0.3) is 22.2 Å². The number of benzene rings is 2. The molecule has 0 saturated heterocycles. The van der Waals surface area contributed by atoms with Gasteiger partial charge in [-0.1, -0.05) is 41.4 Å². The van der Waals surface area contributed by atoms with Crippen molar-refractivity contribution in [2.45, 2.75) is 12.8 Å². The molecule has 0 fully saturated rings. The van der Waals surface area contributed by atoms with Crippen LogP contribution < -0.4 is 0 Å². The highest BCUT2D eigenvalue weighted by molar-refractivity contribution is 6.34. The first-order valence-electron chi connectivity index (χ1n) is 7.90. The van der Waals surface area contributed by atoms with Gasteiger partial charge in [0.15, 0.2) is 0 Å². The third-order valence-electron chi connectivity index (χ3n) is 3.84. The molecular formula is C19H19Cl2N3. The molecule has 0 aliphatic heterocycles. The van der Waals surface area contributed by atoms with Crippen LogP contribution in [0.5, 0.6) is 0 Å². The van der Waals surface area contributed by atoms with Crippen LogP contribution in [0.2, 0.25) is 10.0 Å². The van der Waals surface area contributed by atoms with E-state index in [0.717, 1.165) is 47.4 Å². The molecule has 0 aliphatic carbocycles. The number of aromatic nitrogens is 2. The fourth-order valence-electron chi connectivity index (χ4n) is 2.67. The first kappa shape index (κ1) is 17.2. The molecule has 0 radical (unpaired) electrons. The number of rotatable bonds is 5. The largest absolute Gasteiger partial charge is 0.309 e. The zero-order chi connectivity index (χ0) is 17.1. The van der Waals surface area contributed by atoms with Crippen LogP contribution in [0, 0.1) is 0 Å². The molecule has 0 atom stereocenters. The summed E-state index contributed by atoms with van der Waals surface area (Å²) in [4.78, 5) is 11.7. The van der Waals surface area contributed by atoms with Crippen LogP contribution in [0.3, 0.4) is 0 Å². The van der Waals surface area contributed by atoms with Gasteiger partial charge in [-0.2, -0.15) is 0 Å². The Morgan fingerprint density at radius 1 is 1.00 bits per heavy atom. The van der Waals surface area contributed by atoms with Crippen LogP contribution >= 0.6 is 23.2 Å². The van der Waals surface area contributed by atoms with E-state index in [0.29, 0.717) is 10.0 Å². The van der Waals surface area contributed by atoms with Gasteiger partial charge in [0.05, 0.1) is 11.2 Å². The van der Waals surface area contributed by atoms with Crippen LogP contribution in [-0.2, 0) is 6.42 Å². The summed E-state index contributed by atoms with van der Waals surface area (Å²) in [6.07, 6.45) is 1.84. The van der Waals surface area contributed by atoms with E-state index in [9.17, 15) is 0 Å². The van der Waals surface area contributed by atoms with Crippen molar-refractivity contribution < 1.29 is 0 Å². The van der Waals surface area contributed by atoms with Crippen LogP contribution in [-0.4, -0.2) is 35.5 Å². The summed E-state index contributed by atoms with van der Waals surface area (Å²) in [6, 6.07) is 13.4. The topological polar surface area (TPSA) is 29.0 Å². The lowest BCUT2D eigenvalue weighted by atomic mass is 10.1. The fraction of sp³-hybridized carbons (Fsp3) is 0.263. The third-order valence-corrected chi connectivity index (χ3v) is 4.40. The molecule has 124 valence electrons. The second kappa shape index (κ2) is 7.47. The Labute approximate surface area is 152 Å². The third kappa shape index (κ3) is 3.86. The first-order chi connectivity index (χ1) is 11.5. The molecule has 0 unspecified atom stereocenters. The normalized spacial score (nSPS) is 11.4. The van der Waals surface area contributed by atoms with Crippen molar-refractivity contribution in [2.75, 3.05) is 20.6 Å². The molecule has 0 aliphatic rings. The van der Waals surface area contributed by atoms with E-state index in [2.05, 4.69) is 19.0 Å². The van der Waals surface area contributed by atoms with Crippen LogP contribution in [0.1, 0.15) is 12.2 Å². The van der Waals surface area contributed by atoms with Crippen LogP contribution in [0.15, 0.2) is 42.5 Å². The second-order valence-electron chi connectivity index (χ2n) is 6.04. The summed E-state index contributed by atoms with van der Waals surface area (Å²) in [7, 11) is 4.14. The van der Waals surface area contributed by atoms with E-state index < -0.39 is 0 Å². The molecule has 0 saturated carbocycles. The number of hydrogen-bond donors (Lipinski definition) is 0. The molecule has 1 aromatic heterocycles. The van der Waals surface area contributed by atoms with Crippen molar-refractivity contribution >= 4 is 34.1 Å². The van der Waals surface area contributed by atoms with Crippen molar-refractivity contribution in [1.29, 1.82) is 0 Å². The molecule has 0 amide bonds. The van der Waals surface area contributed by atoms with E-state index in [1.54, 1.807) is 0 Å². The Balaban J connectivity index is 2.10. The van der Waals surface area contributed by atoms with Crippen molar-refractivity contribution in [3.63, 3.8) is 0 Å². The minimum Gasteiger partial charge on any atom is -0.309 e. The quantitative estimate of drug-likeness (QED) is 0.634. The van der Waals surface area contributed by atoms with E-state index in [4.69, 9.17) is 33.2 Å². The summed E-state index contributed by atoms with van der Waals surface area (Å²) < 4.78 is 0. The molecule has 2 aromatic carbocycles. The highest BCUT2D eigenvalue weighted by Gasteiger charge is 2.13. The molecule has 3 aromatic rings. The average molecular weight is 360 g/mol. The molecule has 0 N–H and O–H groups in total. The minimum absolute atomic E-state index is 0.666. The van der Waals surface area contributed by atoms with E-state index in [1.165, 1.54) is 0 Å². The maximum atomic E-state index is 6.40. The molecule has 3 nitrogen and oxygen atoms in total. The van der Waals surface area contributed by atoms with Crippen LogP contribution in [0.4, 0.5) is 0 Å². The number of aryl methyl sites for hydroxylation is 1. The number of halogens is 2. The van der Waals surface area contributed by atoms with Crippen molar-refractivity contribution in [1.82, 2.24) is 14.9 Å². The van der Waals surface area contributed by atoms with Gasteiger partial charge in [0.1, 0.15) is 5.82 Å². The Kier molecular flexibility index (Phi) is 5.34. The molecule has 1 heterocycles. The molecule has 3 rings (SSSR count). The van der Waals surface area contributed by atoms with Crippen molar-refractivity contribution in [3.8, 4) is 11.3 Å². The lowest BCUT2D eigenvalue weighted by molar-refractivity contribution is 0.399. The van der Waals surface area contributed by atoms with E-state index in [1.807, 2.05) is 42.5 Å². The minimum atomic E-state index is 0.666. The molecule has 0 bridgehead atoms. The Morgan fingerprint density at radius 2 is 1.79 bits per heavy atom. The molecule has 0 spiro atoms. The Morgan fingerprint density at radius 3 is 2.54 bits per heavy atom. The lowest BCUT2D eigenvalue weighted by Crippen LogP contribution is -2.14. The van der Waals surface area contributed by atoms with Crippen molar-refractivity contribution in [3.05, 3.63) is 58.3 Å². The zero-order valence-corrected chi connectivity index (χ0v) is 15.3. The predicted molar refractivity (Wildman–Crippen MR) is 102 cm³/mol. The van der Waals surface area contributed by atoms with Gasteiger partial charge in [0.2, 0.25) is 0 Å². The summed E-state index contributed by atoms with van der Waals surface area (Å²) in [5.74, 6) is 0.835. The lowest BCUT2D eigenvalue weighted by Gasteiger charge is -2.12. The second-order valence-corrected chi connectivity index (χ2v) is 6.88. The highest BCUT2D eigenvalue weighted by Crippen LogP contribution is 2.32. The predicted octanol–water partition coefficient (Wildman–Crippen LogP) is 5.10. The SMILES string of the molecule is CN(C)CCCc1nc(-c2ccccc2Cl)c2cc(Cl)ccc2n1. The van der Waals surface area contributed by atoms with Gasteiger partial charge in [0.25, 0.3) is 0 Å². The van der Waals surface area contributed by atoms with Gasteiger partial charge in [-0.15, -0.1) is 0 Å². The molecule has 5 heteroatoms. The maximum absolute atomic E-state index is 6.40. The van der Waals surface area contributed by atoms with Gasteiger partial charge in [-0.3, -0.25) is 0 Å². The smallest absolute Gasteiger partial charge is 0.129 e. The highest BCUT2D eigenvalue weighted by atomic mass is 35.5. The number of hydrogen-bond acceptors (Lipinski definition) is 3. The van der Waals surface area contributed by atoms with Gasteiger partial charge in [0, 0.05) is 27.4 Å². The maximum Gasteiger partial charge on any atom is 0.129 e. The van der Waals surface area contributed by atoms with Gasteiger partial charge < -0.3 is 4.90 Å². The number of fused-ring (bicyclic) bond motifs is 1. The van der Waals surface area contributed by atoms with Gasteiger partial charge in [-0.05, 0) is 51.3 Å². The molecular weight excluding hydrogens is 341 g/mol. The first-order valence-corrected chi connectivity index (χ1v) is 8.66. The summed E-state index contributed by atoms with van der Waals surface area (Å²) in [5, 5.41) is 2.27. The van der Waals surface area contributed by atoms with E-state index in [-0.39, 0.29) is 0 Å². The molecule has 24 heavy (non-hydrogen) atoms. The average Bonchev–Trinajstić information content (AvgIpc) is 2.55. The van der Waals surface area contributed by atoms with E-state index >= 15 is 0 Å². The Hall–Kier alpha value is -1.68. The standard InChI is InChI=1S/C19H19Cl2N3/c1-24(2)11-5-8-18-22-17-10-9-13(20)12-15(17)19(23-18)14-6-3-4-7-16(14)21/h3-4,6-7,9-10,12H,5,8,11H2,1-2H3. The van der Waals surface area contributed by atoms with Crippen molar-refractivity contribution in [2.24, 2.45) is 0 Å². The van der Waals surface area contributed by atoms with Gasteiger partial charge >= 0.3 is 0 Å². The van der Waals surface area contributed by atoms with Gasteiger partial charge in [-0.25, -0.2) is 9.97 Å². The fourth-order valence-corrected chi connectivity index (χ4v) is 3.07. The monoisotopic (exact) mass is 359 g/mol. The number of nitrogens with zero attached hydrogens (tertiary/aromatic N) is 3. The summed E-state index contributed by atoms with van der Waals surface area (Å²) in [5.41, 5.74) is 2.64. The summed E-state index contributed by atoms with van der Waals surface area (Å²) in [6.45, 7) is 1.00. The zero-order valence-electron chi connectivity index (χ0n) is 13.8.